The minimum atomic E-state index is -2.10. The fourth-order valence-electron chi connectivity index (χ4n) is 3.86. The molecule has 0 aromatic heterocycles. The van der Waals surface area contributed by atoms with Crippen LogP contribution in [0.4, 0.5) is 0 Å². The second-order valence-electron chi connectivity index (χ2n) is 8.59. The average Bonchev–Trinajstić information content (AvgIpc) is 2.77. The van der Waals surface area contributed by atoms with Crippen molar-refractivity contribution in [1.29, 1.82) is 0 Å². The van der Waals surface area contributed by atoms with Crippen LogP contribution >= 0.6 is 19.3 Å². The van der Waals surface area contributed by atoms with Gasteiger partial charge in [-0.25, -0.2) is 14.0 Å². The maximum absolute atomic E-state index is 6.73. The maximum Gasteiger partial charge on any atom is 0.186 e. The van der Waals surface area contributed by atoms with Crippen LogP contribution in [0.25, 0.3) is 0 Å². The maximum atomic E-state index is 6.73. The van der Waals surface area contributed by atoms with E-state index in [1.165, 1.54) is 77.0 Å². The van der Waals surface area contributed by atoms with Gasteiger partial charge in [0.15, 0.2) is 7.51 Å². The van der Waals surface area contributed by atoms with Crippen molar-refractivity contribution in [2.24, 2.45) is 4.26 Å². The summed E-state index contributed by atoms with van der Waals surface area (Å²) in [5.74, 6) is 0. The molecule has 0 aromatic carbocycles. The fourth-order valence-corrected chi connectivity index (χ4v) is 8.54. The van der Waals surface area contributed by atoms with Gasteiger partial charge in [0.2, 0.25) is 0 Å². The number of hydrogen-bond donors (Lipinski definition) is 0. The Hall–Kier alpha value is 0.400. The second-order valence-corrected chi connectivity index (χ2v) is 12.0. The molecule has 0 heterocycles. The molecule has 0 radical (unpaired) electrons. The lowest BCUT2D eigenvalue weighted by atomic mass is 10.3. The molecule has 0 saturated heterocycles. The first-order chi connectivity index (χ1) is 14.6. The van der Waals surface area contributed by atoms with Gasteiger partial charge in [-0.2, -0.15) is 4.26 Å². The topological polar surface area (TPSA) is 22.1 Å². The van der Waals surface area contributed by atoms with Crippen LogP contribution in [-0.4, -0.2) is 53.3 Å². The lowest BCUT2D eigenvalue weighted by Gasteiger charge is -2.49. The van der Waals surface area contributed by atoms with Gasteiger partial charge < -0.3 is 0 Å². The summed E-state index contributed by atoms with van der Waals surface area (Å²) in [5, 5.41) is 0. The molecule has 0 bridgehead atoms. The highest BCUT2D eigenvalue weighted by Gasteiger charge is 2.39. The number of hydrogen-bond acceptors (Lipinski definition) is 1. The van der Waals surface area contributed by atoms with Crippen molar-refractivity contribution in [1.82, 2.24) is 14.0 Å². The Bertz CT molecular complexity index is 352. The van der Waals surface area contributed by atoms with Crippen LogP contribution in [0, 0.1) is 0 Å². The monoisotopic (exact) mass is 464 g/mol. The van der Waals surface area contributed by atoms with Crippen LogP contribution in [0.3, 0.4) is 0 Å². The average molecular weight is 465 g/mol. The molecule has 0 aromatic rings. The van der Waals surface area contributed by atoms with Crippen molar-refractivity contribution in [2.75, 3.05) is 39.3 Å². The first kappa shape index (κ1) is 30.4. The molecule has 0 atom stereocenters. The highest BCUT2D eigenvalue weighted by Crippen LogP contribution is 2.61. The Morgan fingerprint density at radius 2 is 0.667 bits per heavy atom. The van der Waals surface area contributed by atoms with Crippen LogP contribution < -0.4 is 0 Å². The largest absolute Gasteiger partial charge is 0.245 e. The van der Waals surface area contributed by atoms with E-state index in [0.29, 0.717) is 0 Å². The van der Waals surface area contributed by atoms with E-state index >= 15 is 0 Å². The third-order valence-electron chi connectivity index (χ3n) is 5.86. The van der Waals surface area contributed by atoms with E-state index in [1.807, 2.05) is 0 Å². The van der Waals surface area contributed by atoms with Gasteiger partial charge in [0.25, 0.3) is 0 Å². The first-order valence-corrected chi connectivity index (χ1v) is 15.0. The van der Waals surface area contributed by atoms with Gasteiger partial charge in [-0.05, 0) is 38.5 Å². The van der Waals surface area contributed by atoms with Gasteiger partial charge in [0, 0.05) is 51.0 Å². The van der Waals surface area contributed by atoms with E-state index in [-0.39, 0.29) is 0 Å². The highest BCUT2D eigenvalue weighted by molar-refractivity contribution is 7.59. The lowest BCUT2D eigenvalue weighted by molar-refractivity contribution is 0.291. The van der Waals surface area contributed by atoms with Gasteiger partial charge in [-0.1, -0.05) is 80.1 Å². The number of halogens is 1. The van der Waals surface area contributed by atoms with E-state index in [2.05, 4.69) is 55.6 Å². The Balaban J connectivity index is 6.35. The lowest BCUT2D eigenvalue weighted by Crippen LogP contribution is -2.43. The van der Waals surface area contributed by atoms with Crippen molar-refractivity contribution in [3.8, 4) is 0 Å². The zero-order valence-electron chi connectivity index (χ0n) is 21.3. The molecule has 0 amide bonds. The molecule has 0 unspecified atom stereocenters. The summed E-state index contributed by atoms with van der Waals surface area (Å²) >= 11 is 6.73. The predicted octanol–water partition coefficient (Wildman–Crippen LogP) is 8.79. The summed E-state index contributed by atoms with van der Waals surface area (Å²) in [5.41, 5.74) is 0. The molecule has 0 saturated carbocycles. The van der Waals surface area contributed by atoms with Gasteiger partial charge in [0.05, 0.1) is 0 Å². The van der Waals surface area contributed by atoms with Gasteiger partial charge in [-0.3, -0.25) is 0 Å². The smallest absolute Gasteiger partial charge is 0.186 e. The van der Waals surface area contributed by atoms with Crippen molar-refractivity contribution < 1.29 is 0 Å². The molecule has 0 fully saturated rings. The summed E-state index contributed by atoms with van der Waals surface area (Å²) in [6, 6.07) is 0. The second kappa shape index (κ2) is 20.0. The van der Waals surface area contributed by atoms with E-state index in [9.17, 15) is 0 Å². The standard InChI is InChI=1S/C24H54ClN4P/c1-7-13-19-27(20-14-8-2)30(26-25,28(21-15-9-3)22-16-10-4)29(23-17-11-5)24-18-12-6/h7-24H2,1-6H3. The van der Waals surface area contributed by atoms with Gasteiger partial charge in [-0.15, -0.1) is 0 Å². The molecule has 0 rings (SSSR count). The molecule has 30 heavy (non-hydrogen) atoms. The molecule has 0 spiro atoms. The minimum Gasteiger partial charge on any atom is -0.245 e. The highest BCUT2D eigenvalue weighted by atomic mass is 35.5. The molecule has 4 nitrogen and oxygen atoms in total. The van der Waals surface area contributed by atoms with Gasteiger partial charge >= 0.3 is 0 Å². The molecular formula is C24H54ClN4P. The summed E-state index contributed by atoms with van der Waals surface area (Å²) in [6.45, 7) is 20.5. The normalized spacial score (nSPS) is 12.5. The van der Waals surface area contributed by atoms with Crippen molar-refractivity contribution in [2.45, 2.75) is 119 Å². The van der Waals surface area contributed by atoms with Crippen molar-refractivity contribution >= 4 is 19.3 Å². The number of unbranched alkanes of at least 4 members (excludes halogenated alkanes) is 6. The van der Waals surface area contributed by atoms with Crippen molar-refractivity contribution in [3.63, 3.8) is 0 Å². The Morgan fingerprint density at radius 1 is 0.467 bits per heavy atom. The molecule has 0 aliphatic carbocycles. The zero-order chi connectivity index (χ0) is 22.7. The molecule has 0 N–H and O–H groups in total. The van der Waals surface area contributed by atoms with E-state index in [4.69, 9.17) is 16.0 Å². The Morgan fingerprint density at radius 3 is 0.800 bits per heavy atom. The summed E-state index contributed by atoms with van der Waals surface area (Å²) in [6.07, 6.45) is 14.7. The van der Waals surface area contributed by atoms with Crippen LogP contribution in [0.5, 0.6) is 0 Å². The molecule has 0 aliphatic rings. The summed E-state index contributed by atoms with van der Waals surface area (Å²) < 4.78 is 13.1. The Labute approximate surface area is 195 Å². The van der Waals surface area contributed by atoms with Crippen LogP contribution in [-0.2, 0) is 0 Å². The fraction of sp³-hybridized carbons (Fsp3) is 1.00. The molecule has 6 heteroatoms. The minimum absolute atomic E-state index is 1.12. The Kier molecular flexibility index (Phi) is 20.3. The molecule has 182 valence electrons. The third-order valence-corrected chi connectivity index (χ3v) is 10.1. The van der Waals surface area contributed by atoms with Crippen LogP contribution in [0.2, 0.25) is 0 Å². The first-order valence-electron chi connectivity index (χ1n) is 13.1. The van der Waals surface area contributed by atoms with Crippen LogP contribution in [0.15, 0.2) is 4.26 Å². The molecular weight excluding hydrogens is 411 g/mol. The molecule has 0 aliphatic heterocycles. The zero-order valence-corrected chi connectivity index (χ0v) is 23.0. The van der Waals surface area contributed by atoms with E-state index in [0.717, 1.165) is 39.3 Å². The quantitative estimate of drug-likeness (QED) is 0.158. The predicted molar refractivity (Wildman–Crippen MR) is 139 cm³/mol. The van der Waals surface area contributed by atoms with Gasteiger partial charge in [0.1, 0.15) is 0 Å². The van der Waals surface area contributed by atoms with E-state index in [1.54, 1.807) is 0 Å². The number of rotatable bonds is 21. The SMILES string of the molecule is CCCCN(CCCC)P(=NCl)(N(CCCC)CCCC)N(CCCC)CCCC. The number of nitrogens with zero attached hydrogens (tertiary/aromatic N) is 4. The summed E-state index contributed by atoms with van der Waals surface area (Å²) in [7, 11) is -2.10. The summed E-state index contributed by atoms with van der Waals surface area (Å²) in [4.78, 5) is 0. The third kappa shape index (κ3) is 10.3. The van der Waals surface area contributed by atoms with Crippen molar-refractivity contribution in [3.05, 3.63) is 0 Å². The van der Waals surface area contributed by atoms with E-state index < -0.39 is 7.51 Å². The van der Waals surface area contributed by atoms with Crippen LogP contribution in [0.1, 0.15) is 119 Å².